The Kier molecular flexibility index (Phi) is 6.20. The SMILES string of the molecule is CC(=O)N(C)c1ccc(NC(=O)C(C)Oc2ccc(C)cc2Br)cc1. The Morgan fingerprint density at radius 1 is 1.16 bits per heavy atom. The van der Waals surface area contributed by atoms with Crippen molar-refractivity contribution >= 4 is 39.1 Å². The van der Waals surface area contributed by atoms with Gasteiger partial charge in [0.05, 0.1) is 4.47 Å². The first-order valence-electron chi connectivity index (χ1n) is 7.86. The molecule has 2 aromatic rings. The van der Waals surface area contributed by atoms with Crippen LogP contribution in [-0.4, -0.2) is 25.0 Å². The number of anilines is 2. The minimum atomic E-state index is -0.654. The van der Waals surface area contributed by atoms with Crippen molar-refractivity contribution in [2.75, 3.05) is 17.3 Å². The molecule has 1 unspecified atom stereocenters. The van der Waals surface area contributed by atoms with Gasteiger partial charge in [-0.15, -0.1) is 0 Å². The van der Waals surface area contributed by atoms with Gasteiger partial charge in [-0.05, 0) is 71.7 Å². The fraction of sp³-hybridized carbons (Fsp3) is 0.263. The third kappa shape index (κ3) is 5.06. The molecule has 0 saturated heterocycles. The van der Waals surface area contributed by atoms with Gasteiger partial charge in [-0.2, -0.15) is 0 Å². The topological polar surface area (TPSA) is 58.6 Å². The van der Waals surface area contributed by atoms with E-state index in [4.69, 9.17) is 4.74 Å². The lowest BCUT2D eigenvalue weighted by Crippen LogP contribution is -2.30. The molecule has 0 saturated carbocycles. The summed E-state index contributed by atoms with van der Waals surface area (Å²) in [5.74, 6) is 0.314. The largest absolute Gasteiger partial charge is 0.480 e. The molecule has 0 aliphatic carbocycles. The summed E-state index contributed by atoms with van der Waals surface area (Å²) >= 11 is 3.44. The Morgan fingerprint density at radius 2 is 1.80 bits per heavy atom. The van der Waals surface area contributed by atoms with Crippen molar-refractivity contribution in [1.29, 1.82) is 0 Å². The van der Waals surface area contributed by atoms with Gasteiger partial charge in [0, 0.05) is 25.3 Å². The van der Waals surface area contributed by atoms with Gasteiger partial charge in [0.15, 0.2) is 6.10 Å². The Bertz CT molecular complexity index is 775. The van der Waals surface area contributed by atoms with Gasteiger partial charge in [0.1, 0.15) is 5.75 Å². The molecular formula is C19H21BrN2O3. The highest BCUT2D eigenvalue weighted by Crippen LogP contribution is 2.27. The molecule has 0 aliphatic heterocycles. The van der Waals surface area contributed by atoms with Crippen molar-refractivity contribution in [2.24, 2.45) is 0 Å². The maximum absolute atomic E-state index is 12.3. The Hall–Kier alpha value is -2.34. The summed E-state index contributed by atoms with van der Waals surface area (Å²) in [4.78, 5) is 25.2. The molecule has 0 aromatic heterocycles. The van der Waals surface area contributed by atoms with E-state index in [9.17, 15) is 9.59 Å². The molecule has 0 bridgehead atoms. The number of benzene rings is 2. The molecule has 2 rings (SSSR count). The molecular weight excluding hydrogens is 384 g/mol. The second-order valence-corrected chi connectivity index (χ2v) is 6.66. The van der Waals surface area contributed by atoms with Gasteiger partial charge >= 0.3 is 0 Å². The number of nitrogens with zero attached hydrogens (tertiary/aromatic N) is 1. The van der Waals surface area contributed by atoms with Crippen molar-refractivity contribution < 1.29 is 14.3 Å². The van der Waals surface area contributed by atoms with Crippen LogP contribution in [0.25, 0.3) is 0 Å². The Morgan fingerprint density at radius 3 is 2.36 bits per heavy atom. The first kappa shape index (κ1) is 19.0. The fourth-order valence-corrected chi connectivity index (χ4v) is 2.73. The molecule has 1 atom stereocenters. The normalized spacial score (nSPS) is 11.6. The average Bonchev–Trinajstić information content (AvgIpc) is 2.57. The van der Waals surface area contributed by atoms with E-state index in [1.807, 2.05) is 25.1 Å². The molecule has 5 nitrogen and oxygen atoms in total. The van der Waals surface area contributed by atoms with E-state index >= 15 is 0 Å². The summed E-state index contributed by atoms with van der Waals surface area (Å²) in [6.45, 7) is 5.18. The zero-order valence-corrected chi connectivity index (χ0v) is 16.3. The molecule has 0 heterocycles. The zero-order valence-electron chi connectivity index (χ0n) is 14.7. The second-order valence-electron chi connectivity index (χ2n) is 5.81. The zero-order chi connectivity index (χ0) is 18.6. The number of rotatable bonds is 5. The van der Waals surface area contributed by atoms with Crippen LogP contribution in [0.4, 0.5) is 11.4 Å². The van der Waals surface area contributed by atoms with E-state index in [1.54, 1.807) is 38.2 Å². The smallest absolute Gasteiger partial charge is 0.265 e. The molecule has 1 N–H and O–H groups in total. The molecule has 2 amide bonds. The van der Waals surface area contributed by atoms with Crippen molar-refractivity contribution in [3.8, 4) is 5.75 Å². The highest BCUT2D eigenvalue weighted by molar-refractivity contribution is 9.10. The fourth-order valence-electron chi connectivity index (χ4n) is 2.14. The highest BCUT2D eigenvalue weighted by Gasteiger charge is 2.16. The van der Waals surface area contributed by atoms with Crippen molar-refractivity contribution in [1.82, 2.24) is 0 Å². The lowest BCUT2D eigenvalue weighted by Gasteiger charge is -2.17. The van der Waals surface area contributed by atoms with Crippen molar-refractivity contribution in [3.63, 3.8) is 0 Å². The van der Waals surface area contributed by atoms with E-state index in [1.165, 1.54) is 11.8 Å². The maximum Gasteiger partial charge on any atom is 0.265 e. The number of carbonyl (C=O) groups is 2. The third-order valence-electron chi connectivity index (χ3n) is 3.75. The molecule has 25 heavy (non-hydrogen) atoms. The summed E-state index contributed by atoms with van der Waals surface area (Å²) in [7, 11) is 1.70. The Balaban J connectivity index is 2.00. The molecule has 6 heteroatoms. The number of amides is 2. The third-order valence-corrected chi connectivity index (χ3v) is 4.37. The first-order chi connectivity index (χ1) is 11.8. The van der Waals surface area contributed by atoms with Crippen LogP contribution in [0.3, 0.4) is 0 Å². The minimum absolute atomic E-state index is 0.0533. The second kappa shape index (κ2) is 8.16. The predicted octanol–water partition coefficient (Wildman–Crippen LogP) is 4.15. The quantitative estimate of drug-likeness (QED) is 0.813. The number of hydrogen-bond acceptors (Lipinski definition) is 3. The summed E-state index contributed by atoms with van der Waals surface area (Å²) < 4.78 is 6.52. The van der Waals surface area contributed by atoms with Gasteiger partial charge in [-0.25, -0.2) is 0 Å². The number of aryl methyl sites for hydroxylation is 1. The van der Waals surface area contributed by atoms with Gasteiger partial charge < -0.3 is 15.0 Å². The molecule has 0 fully saturated rings. The number of nitrogens with one attached hydrogen (secondary N) is 1. The molecule has 0 spiro atoms. The first-order valence-corrected chi connectivity index (χ1v) is 8.65. The van der Waals surface area contributed by atoms with Gasteiger partial charge in [-0.3, -0.25) is 9.59 Å². The minimum Gasteiger partial charge on any atom is -0.480 e. The number of hydrogen-bond donors (Lipinski definition) is 1. The maximum atomic E-state index is 12.3. The monoisotopic (exact) mass is 404 g/mol. The van der Waals surface area contributed by atoms with Gasteiger partial charge in [0.2, 0.25) is 5.91 Å². The summed E-state index contributed by atoms with van der Waals surface area (Å²) in [6.07, 6.45) is -0.654. The van der Waals surface area contributed by atoms with Crippen LogP contribution in [0, 0.1) is 6.92 Å². The predicted molar refractivity (Wildman–Crippen MR) is 103 cm³/mol. The summed E-state index contributed by atoms with van der Waals surface area (Å²) in [6, 6.07) is 12.7. The van der Waals surface area contributed by atoms with E-state index in [0.717, 1.165) is 15.7 Å². The van der Waals surface area contributed by atoms with Crippen LogP contribution in [-0.2, 0) is 9.59 Å². The lowest BCUT2D eigenvalue weighted by atomic mass is 10.2. The van der Waals surface area contributed by atoms with Crippen molar-refractivity contribution in [3.05, 3.63) is 52.5 Å². The highest BCUT2D eigenvalue weighted by atomic mass is 79.9. The van der Waals surface area contributed by atoms with Gasteiger partial charge in [-0.1, -0.05) is 6.07 Å². The lowest BCUT2D eigenvalue weighted by molar-refractivity contribution is -0.122. The van der Waals surface area contributed by atoms with Crippen LogP contribution in [0.1, 0.15) is 19.4 Å². The van der Waals surface area contributed by atoms with E-state index in [0.29, 0.717) is 11.4 Å². The summed E-state index contributed by atoms with van der Waals surface area (Å²) in [5.41, 5.74) is 2.51. The summed E-state index contributed by atoms with van der Waals surface area (Å²) in [5, 5.41) is 2.81. The standard InChI is InChI=1S/C19H21BrN2O3/c1-12-5-10-18(17(20)11-12)25-13(2)19(24)21-15-6-8-16(9-7-15)22(4)14(3)23/h5-11,13H,1-4H3,(H,21,24). The molecule has 0 aliphatic rings. The Labute approximate surface area is 156 Å². The van der Waals surface area contributed by atoms with Crippen LogP contribution < -0.4 is 15.0 Å². The average molecular weight is 405 g/mol. The van der Waals surface area contributed by atoms with Crippen LogP contribution in [0.15, 0.2) is 46.9 Å². The molecule has 0 radical (unpaired) electrons. The molecule has 132 valence electrons. The van der Waals surface area contributed by atoms with Crippen LogP contribution in [0.2, 0.25) is 0 Å². The number of ether oxygens (including phenoxy) is 1. The molecule has 2 aromatic carbocycles. The van der Waals surface area contributed by atoms with Gasteiger partial charge in [0.25, 0.3) is 5.91 Å². The number of carbonyl (C=O) groups excluding carboxylic acids is 2. The van der Waals surface area contributed by atoms with E-state index in [2.05, 4.69) is 21.2 Å². The number of halogens is 1. The van der Waals surface area contributed by atoms with Crippen molar-refractivity contribution in [2.45, 2.75) is 26.9 Å². The van der Waals surface area contributed by atoms with Crippen LogP contribution >= 0.6 is 15.9 Å². The van der Waals surface area contributed by atoms with E-state index in [-0.39, 0.29) is 11.8 Å². The van der Waals surface area contributed by atoms with Crippen LogP contribution in [0.5, 0.6) is 5.75 Å². The van der Waals surface area contributed by atoms with E-state index < -0.39 is 6.10 Å².